The molecule has 0 radical (unpaired) electrons. The van der Waals surface area contributed by atoms with Crippen LogP contribution in [0, 0.1) is 0 Å². The highest BCUT2D eigenvalue weighted by molar-refractivity contribution is 7.89. The van der Waals surface area contributed by atoms with Gasteiger partial charge in [-0.1, -0.05) is 0 Å². The Morgan fingerprint density at radius 1 is 1.08 bits per heavy atom. The van der Waals surface area contributed by atoms with Gasteiger partial charge in [0.2, 0.25) is 10.0 Å². The van der Waals surface area contributed by atoms with Gasteiger partial charge in [0.1, 0.15) is 5.75 Å². The Morgan fingerprint density at radius 3 is 2.28 bits per heavy atom. The van der Waals surface area contributed by atoms with E-state index < -0.39 is 16.1 Å². The lowest BCUT2D eigenvalue weighted by molar-refractivity contribution is -0.136. The number of likely N-dealkylation sites (tertiary alicyclic amines) is 1. The highest BCUT2D eigenvalue weighted by Gasteiger charge is 2.27. The van der Waals surface area contributed by atoms with Crippen molar-refractivity contribution < 1.29 is 22.7 Å². The van der Waals surface area contributed by atoms with Crippen LogP contribution in [-0.4, -0.2) is 69.0 Å². The second-order valence-corrected chi connectivity index (χ2v) is 8.22. The lowest BCUT2D eigenvalue weighted by Gasteiger charge is -2.26. The van der Waals surface area contributed by atoms with Crippen molar-refractivity contribution in [2.75, 3.05) is 39.4 Å². The number of hydrogen-bond donors (Lipinski definition) is 0. The number of amides is 1. The Hall–Kier alpha value is -1.64. The molecule has 1 atom stereocenters. The van der Waals surface area contributed by atoms with Crippen LogP contribution < -0.4 is 4.74 Å². The number of ether oxygens (including phenoxy) is 2. The van der Waals surface area contributed by atoms with Gasteiger partial charge in [-0.2, -0.15) is 4.31 Å². The van der Waals surface area contributed by atoms with Crippen LogP contribution in [0.4, 0.5) is 0 Å². The molecule has 0 N–H and O–H groups in total. The molecule has 138 valence electrons. The fraction of sp³-hybridized carbons (Fsp3) is 0.588. The average Bonchev–Trinajstić information content (AvgIpc) is 3.17. The minimum atomic E-state index is -3.51. The normalized spacial score (nSPS) is 20.4. The molecule has 2 aliphatic heterocycles. The number of carbonyl (C=O) groups is 1. The largest absolute Gasteiger partial charge is 0.481 e. The van der Waals surface area contributed by atoms with Crippen LogP contribution in [0.3, 0.4) is 0 Å². The second kappa shape index (κ2) is 7.72. The molecule has 1 aromatic rings. The molecule has 7 nitrogen and oxygen atoms in total. The molecule has 2 heterocycles. The van der Waals surface area contributed by atoms with E-state index in [1.165, 1.54) is 16.4 Å². The van der Waals surface area contributed by atoms with E-state index in [9.17, 15) is 13.2 Å². The van der Waals surface area contributed by atoms with Gasteiger partial charge in [-0.25, -0.2) is 8.42 Å². The van der Waals surface area contributed by atoms with Crippen LogP contribution in [0.25, 0.3) is 0 Å². The summed E-state index contributed by atoms with van der Waals surface area (Å²) in [5, 5.41) is 0. The summed E-state index contributed by atoms with van der Waals surface area (Å²) in [5.41, 5.74) is 0. The first-order valence-corrected chi connectivity index (χ1v) is 10.1. The van der Waals surface area contributed by atoms with Crippen molar-refractivity contribution in [2.24, 2.45) is 0 Å². The Bertz CT molecular complexity index is 692. The van der Waals surface area contributed by atoms with Gasteiger partial charge in [0, 0.05) is 26.2 Å². The summed E-state index contributed by atoms with van der Waals surface area (Å²) in [5.74, 6) is 0.462. The molecule has 0 saturated carbocycles. The van der Waals surface area contributed by atoms with E-state index in [1.54, 1.807) is 19.1 Å². The minimum Gasteiger partial charge on any atom is -0.481 e. The summed E-state index contributed by atoms with van der Waals surface area (Å²) < 4.78 is 37.4. The maximum absolute atomic E-state index is 12.6. The zero-order valence-electron chi connectivity index (χ0n) is 14.4. The van der Waals surface area contributed by atoms with Crippen LogP contribution >= 0.6 is 0 Å². The molecule has 8 heteroatoms. The van der Waals surface area contributed by atoms with Crippen molar-refractivity contribution in [3.63, 3.8) is 0 Å². The second-order valence-electron chi connectivity index (χ2n) is 6.28. The molecule has 2 fully saturated rings. The predicted molar refractivity (Wildman–Crippen MR) is 91.9 cm³/mol. The molecule has 2 aliphatic rings. The van der Waals surface area contributed by atoms with E-state index in [2.05, 4.69) is 0 Å². The first-order valence-electron chi connectivity index (χ1n) is 8.62. The van der Waals surface area contributed by atoms with Crippen molar-refractivity contribution in [3.8, 4) is 5.75 Å². The van der Waals surface area contributed by atoms with Gasteiger partial charge in [-0.3, -0.25) is 4.79 Å². The van der Waals surface area contributed by atoms with E-state index in [4.69, 9.17) is 9.47 Å². The van der Waals surface area contributed by atoms with Crippen LogP contribution in [0.15, 0.2) is 29.2 Å². The third-order valence-electron chi connectivity index (χ3n) is 4.51. The van der Waals surface area contributed by atoms with Crippen molar-refractivity contribution in [1.82, 2.24) is 9.21 Å². The summed E-state index contributed by atoms with van der Waals surface area (Å²) >= 11 is 0. The lowest BCUT2D eigenvalue weighted by Crippen LogP contribution is -2.40. The molecule has 0 aliphatic carbocycles. The number of carbonyl (C=O) groups excluding carboxylic acids is 1. The number of morpholine rings is 1. The Morgan fingerprint density at radius 2 is 1.68 bits per heavy atom. The first-order chi connectivity index (χ1) is 12.0. The van der Waals surface area contributed by atoms with Gasteiger partial charge in [-0.15, -0.1) is 0 Å². The zero-order valence-corrected chi connectivity index (χ0v) is 15.2. The van der Waals surface area contributed by atoms with Gasteiger partial charge in [0.15, 0.2) is 6.10 Å². The van der Waals surface area contributed by atoms with Crippen molar-refractivity contribution in [2.45, 2.75) is 30.8 Å². The molecule has 25 heavy (non-hydrogen) atoms. The number of benzene rings is 1. The first kappa shape index (κ1) is 18.2. The van der Waals surface area contributed by atoms with Gasteiger partial charge in [0.05, 0.1) is 18.1 Å². The molecular formula is C17H24N2O5S. The lowest BCUT2D eigenvalue weighted by atomic mass is 10.3. The molecule has 0 bridgehead atoms. The SMILES string of the molecule is C[C@@H](Oc1ccc(S(=O)(=O)N2CCOCC2)cc1)C(=O)N1CCCC1. The molecule has 1 aromatic carbocycles. The number of nitrogens with zero attached hydrogens (tertiary/aromatic N) is 2. The van der Waals surface area contributed by atoms with Crippen LogP contribution in [0.1, 0.15) is 19.8 Å². The molecule has 2 saturated heterocycles. The van der Waals surface area contributed by atoms with E-state index in [1.807, 2.05) is 4.90 Å². The van der Waals surface area contributed by atoms with Crippen molar-refractivity contribution >= 4 is 15.9 Å². The quantitative estimate of drug-likeness (QED) is 0.778. The maximum atomic E-state index is 12.6. The monoisotopic (exact) mass is 368 g/mol. The van der Waals surface area contributed by atoms with E-state index in [-0.39, 0.29) is 10.8 Å². The highest BCUT2D eigenvalue weighted by atomic mass is 32.2. The molecule has 0 aromatic heterocycles. The molecular weight excluding hydrogens is 344 g/mol. The fourth-order valence-corrected chi connectivity index (χ4v) is 4.48. The predicted octanol–water partition coefficient (Wildman–Crippen LogP) is 1.10. The standard InChI is InChI=1S/C17H24N2O5S/c1-14(17(20)18-8-2-3-9-18)24-15-4-6-16(7-5-15)25(21,22)19-10-12-23-13-11-19/h4-7,14H,2-3,8-13H2,1H3/t14-/m1/s1. The summed E-state index contributed by atoms with van der Waals surface area (Å²) in [7, 11) is -3.51. The van der Waals surface area contributed by atoms with Gasteiger partial charge < -0.3 is 14.4 Å². The van der Waals surface area contributed by atoms with Gasteiger partial charge >= 0.3 is 0 Å². The smallest absolute Gasteiger partial charge is 0.263 e. The highest BCUT2D eigenvalue weighted by Crippen LogP contribution is 2.21. The topological polar surface area (TPSA) is 76.1 Å². The molecule has 1 amide bonds. The Kier molecular flexibility index (Phi) is 5.61. The number of rotatable bonds is 5. The van der Waals surface area contributed by atoms with E-state index in [0.717, 1.165) is 25.9 Å². The third kappa shape index (κ3) is 4.13. The Balaban J connectivity index is 1.64. The van der Waals surface area contributed by atoms with E-state index in [0.29, 0.717) is 32.1 Å². The summed E-state index contributed by atoms with van der Waals surface area (Å²) in [4.78, 5) is 14.3. The van der Waals surface area contributed by atoms with Crippen LogP contribution in [0.2, 0.25) is 0 Å². The van der Waals surface area contributed by atoms with Gasteiger partial charge in [0.25, 0.3) is 5.91 Å². The summed E-state index contributed by atoms with van der Waals surface area (Å²) in [6.07, 6.45) is 1.49. The fourth-order valence-electron chi connectivity index (χ4n) is 3.08. The zero-order chi connectivity index (χ0) is 17.9. The van der Waals surface area contributed by atoms with E-state index >= 15 is 0 Å². The van der Waals surface area contributed by atoms with Crippen molar-refractivity contribution in [3.05, 3.63) is 24.3 Å². The molecule has 3 rings (SSSR count). The minimum absolute atomic E-state index is 0.0254. The number of hydrogen-bond acceptors (Lipinski definition) is 5. The number of sulfonamides is 1. The van der Waals surface area contributed by atoms with Crippen LogP contribution in [0.5, 0.6) is 5.75 Å². The maximum Gasteiger partial charge on any atom is 0.263 e. The third-order valence-corrected chi connectivity index (χ3v) is 6.42. The van der Waals surface area contributed by atoms with Crippen LogP contribution in [-0.2, 0) is 19.6 Å². The van der Waals surface area contributed by atoms with Crippen molar-refractivity contribution in [1.29, 1.82) is 0 Å². The average molecular weight is 368 g/mol. The van der Waals surface area contributed by atoms with Gasteiger partial charge in [-0.05, 0) is 44.0 Å². The summed E-state index contributed by atoms with van der Waals surface area (Å²) in [6, 6.07) is 6.24. The summed E-state index contributed by atoms with van der Waals surface area (Å²) in [6.45, 7) is 4.84. The molecule has 0 spiro atoms. The Labute approximate surface area is 148 Å². The molecule has 0 unspecified atom stereocenters.